The normalized spacial score (nSPS) is 13.3. The van der Waals surface area contributed by atoms with Crippen molar-refractivity contribution >= 4 is 5.91 Å². The highest BCUT2D eigenvalue weighted by Crippen LogP contribution is 2.31. The van der Waals surface area contributed by atoms with Crippen LogP contribution in [0.5, 0.6) is 0 Å². The first-order chi connectivity index (χ1) is 15.6. The van der Waals surface area contributed by atoms with Crippen LogP contribution in [0.4, 0.5) is 8.78 Å². The lowest BCUT2D eigenvalue weighted by molar-refractivity contribution is -0.125. The molecule has 0 bridgehead atoms. The molecular weight excluding hydrogens is 426 g/mol. The number of nitrogens with one attached hydrogen (secondary N) is 1. The summed E-state index contributed by atoms with van der Waals surface area (Å²) >= 11 is 0. The van der Waals surface area contributed by atoms with Crippen molar-refractivity contribution in [3.8, 4) is 34.5 Å². The molecule has 1 amide bonds. The molecule has 2 aromatic heterocycles. The van der Waals surface area contributed by atoms with E-state index in [4.69, 9.17) is 5.73 Å². The summed E-state index contributed by atoms with van der Waals surface area (Å²) in [7, 11) is 0. The second-order valence-corrected chi connectivity index (χ2v) is 8.78. The summed E-state index contributed by atoms with van der Waals surface area (Å²) in [6.07, 6.45) is 3.69. The third-order valence-electron chi connectivity index (χ3n) is 5.49. The van der Waals surface area contributed by atoms with Gasteiger partial charge >= 0.3 is 0 Å². The summed E-state index contributed by atoms with van der Waals surface area (Å²) < 4.78 is 30.0. The first-order valence-corrected chi connectivity index (χ1v) is 10.5. The lowest BCUT2D eigenvalue weighted by Crippen LogP contribution is -2.33. The molecule has 0 radical (unpaired) electrons. The highest BCUT2D eigenvalue weighted by Gasteiger charge is 2.28. The Morgan fingerprint density at radius 2 is 2.00 bits per heavy atom. The molecule has 0 spiro atoms. The van der Waals surface area contributed by atoms with Crippen molar-refractivity contribution in [3.05, 3.63) is 69.8 Å². The number of hydrogen-bond acceptors (Lipinski definition) is 4. The molecule has 0 aliphatic heterocycles. The van der Waals surface area contributed by atoms with Gasteiger partial charge in [0.1, 0.15) is 23.2 Å². The van der Waals surface area contributed by atoms with Crippen LogP contribution in [0.25, 0.3) is 22.6 Å². The number of nitrogens with two attached hydrogens (primary N) is 1. The number of pyridine rings is 1. The molecule has 1 aliphatic rings. The maximum Gasteiger partial charge on any atom is 0.251 e. The average Bonchev–Trinajstić information content (AvgIpc) is 3.59. The third kappa shape index (κ3) is 4.98. The van der Waals surface area contributed by atoms with Gasteiger partial charge in [-0.05, 0) is 48.9 Å². The maximum atomic E-state index is 15.3. The molecule has 0 atom stereocenters. The topological polar surface area (TPSA) is 102 Å². The predicted octanol–water partition coefficient (Wildman–Crippen LogP) is 3.59. The first kappa shape index (κ1) is 22.3. The lowest BCUT2D eigenvalue weighted by Gasteiger charge is -2.21. The molecule has 0 saturated heterocycles. The minimum absolute atomic E-state index is 0.0430. The molecule has 6 nitrogen and oxygen atoms in total. The molecule has 168 valence electrons. The van der Waals surface area contributed by atoms with Crippen LogP contribution >= 0.6 is 0 Å². The molecule has 33 heavy (non-hydrogen) atoms. The number of carbonyl (C=O) groups excluding carboxylic acids is 1. The smallest absolute Gasteiger partial charge is 0.251 e. The van der Waals surface area contributed by atoms with Gasteiger partial charge in [0.15, 0.2) is 0 Å². The zero-order chi connectivity index (χ0) is 23.8. The predicted molar refractivity (Wildman–Crippen MR) is 120 cm³/mol. The van der Waals surface area contributed by atoms with E-state index in [-0.39, 0.29) is 23.5 Å². The highest BCUT2D eigenvalue weighted by molar-refractivity contribution is 5.80. The van der Waals surface area contributed by atoms with E-state index in [0.717, 1.165) is 18.9 Å². The second kappa shape index (κ2) is 8.58. The minimum atomic E-state index is -1.05. The van der Waals surface area contributed by atoms with Crippen LogP contribution in [0.15, 0.2) is 41.3 Å². The molecule has 1 fully saturated rings. The number of halogens is 2. The number of aromatic amines is 1. The Hall–Kier alpha value is -3.86. The van der Waals surface area contributed by atoms with Gasteiger partial charge in [-0.1, -0.05) is 25.8 Å². The molecular formula is C25H22F2N4O2. The number of rotatable bonds is 5. The molecule has 3 N–H and O–H groups in total. The van der Waals surface area contributed by atoms with Crippen molar-refractivity contribution < 1.29 is 13.6 Å². The van der Waals surface area contributed by atoms with Crippen molar-refractivity contribution in [3.63, 3.8) is 0 Å². The maximum absolute atomic E-state index is 15.3. The fourth-order valence-electron chi connectivity index (χ4n) is 3.26. The Kier molecular flexibility index (Phi) is 5.81. The molecule has 1 saturated carbocycles. The Morgan fingerprint density at radius 3 is 2.64 bits per heavy atom. The van der Waals surface area contributed by atoms with Gasteiger partial charge in [0.05, 0.1) is 11.3 Å². The summed E-state index contributed by atoms with van der Waals surface area (Å²) in [6, 6.07) is 6.97. The van der Waals surface area contributed by atoms with Gasteiger partial charge in [-0.2, -0.15) is 0 Å². The van der Waals surface area contributed by atoms with Crippen LogP contribution in [0.1, 0.15) is 37.9 Å². The zero-order valence-electron chi connectivity index (χ0n) is 18.2. The number of benzene rings is 1. The van der Waals surface area contributed by atoms with Crippen LogP contribution in [0.2, 0.25) is 0 Å². The molecule has 3 aromatic rings. The van der Waals surface area contributed by atoms with Crippen molar-refractivity contribution in [1.82, 2.24) is 15.0 Å². The standard InChI is InChI=1S/C25H22F2N4O2/c1-25(2,24(28)33)12-15-7-10-18(26)21(22(15)27)23-30-19(11-20(32)31-23)16-6-9-17(29-13-16)8-5-14-3-4-14/h6-7,9-11,13-14H,3-4,12H2,1-2H3,(H2,28,33)(H,30,31,32). The number of primary amides is 1. The number of H-pyrrole nitrogens is 1. The van der Waals surface area contributed by atoms with E-state index < -0.39 is 34.1 Å². The molecule has 1 aliphatic carbocycles. The SMILES string of the molecule is CC(C)(Cc1ccc(F)c(-c2nc(-c3ccc(C#CC4CC4)nc3)cc(=O)[nH]2)c1F)C(N)=O. The largest absolute Gasteiger partial charge is 0.369 e. The van der Waals surface area contributed by atoms with Crippen LogP contribution in [-0.4, -0.2) is 20.9 Å². The van der Waals surface area contributed by atoms with E-state index in [2.05, 4.69) is 26.8 Å². The van der Waals surface area contributed by atoms with E-state index in [1.165, 1.54) is 18.3 Å². The third-order valence-corrected chi connectivity index (χ3v) is 5.49. The number of aromatic nitrogens is 3. The van der Waals surface area contributed by atoms with Crippen molar-refractivity contribution in [2.75, 3.05) is 0 Å². The molecule has 1 aromatic carbocycles. The van der Waals surface area contributed by atoms with Gasteiger partial charge in [0, 0.05) is 29.2 Å². The fraction of sp³-hybridized carbons (Fsp3) is 0.280. The summed E-state index contributed by atoms with van der Waals surface area (Å²) in [5.74, 6) is 3.89. The fourth-order valence-corrected chi connectivity index (χ4v) is 3.26. The lowest BCUT2D eigenvalue weighted by atomic mass is 9.84. The Morgan fingerprint density at radius 1 is 1.24 bits per heavy atom. The Labute approximate surface area is 189 Å². The quantitative estimate of drug-likeness (QED) is 0.583. The zero-order valence-corrected chi connectivity index (χ0v) is 18.2. The summed E-state index contributed by atoms with van der Waals surface area (Å²) in [6.45, 7) is 3.15. The van der Waals surface area contributed by atoms with E-state index in [0.29, 0.717) is 17.2 Å². The number of nitrogens with zero attached hydrogens (tertiary/aromatic N) is 2. The molecule has 4 rings (SSSR count). The average molecular weight is 448 g/mol. The van der Waals surface area contributed by atoms with Crippen LogP contribution in [-0.2, 0) is 11.2 Å². The van der Waals surface area contributed by atoms with E-state index >= 15 is 4.39 Å². The van der Waals surface area contributed by atoms with Gasteiger partial charge in [0.25, 0.3) is 5.56 Å². The highest BCUT2D eigenvalue weighted by atomic mass is 19.1. The summed E-state index contributed by atoms with van der Waals surface area (Å²) in [5.41, 5.74) is 4.69. The number of amides is 1. The van der Waals surface area contributed by atoms with Crippen molar-refractivity contribution in [1.29, 1.82) is 0 Å². The Balaban J connectivity index is 1.72. The monoisotopic (exact) mass is 448 g/mol. The summed E-state index contributed by atoms with van der Waals surface area (Å²) in [5, 5.41) is 0. The minimum Gasteiger partial charge on any atom is -0.369 e. The van der Waals surface area contributed by atoms with Gasteiger partial charge in [0.2, 0.25) is 5.91 Å². The van der Waals surface area contributed by atoms with E-state index in [9.17, 15) is 14.0 Å². The Bertz CT molecular complexity index is 1350. The van der Waals surface area contributed by atoms with Gasteiger partial charge in [-0.25, -0.2) is 18.7 Å². The van der Waals surface area contributed by atoms with Crippen molar-refractivity contribution in [2.24, 2.45) is 17.1 Å². The molecule has 2 heterocycles. The second-order valence-electron chi connectivity index (χ2n) is 8.78. The van der Waals surface area contributed by atoms with E-state index in [1.807, 2.05) is 0 Å². The van der Waals surface area contributed by atoms with Gasteiger partial charge in [-0.15, -0.1) is 0 Å². The summed E-state index contributed by atoms with van der Waals surface area (Å²) in [4.78, 5) is 34.9. The van der Waals surface area contributed by atoms with E-state index in [1.54, 1.807) is 26.0 Å². The number of hydrogen-bond donors (Lipinski definition) is 2. The van der Waals surface area contributed by atoms with Crippen molar-refractivity contribution in [2.45, 2.75) is 33.1 Å². The van der Waals surface area contributed by atoms with Gasteiger partial charge < -0.3 is 10.7 Å². The van der Waals surface area contributed by atoms with Crippen LogP contribution in [0, 0.1) is 34.8 Å². The number of carbonyl (C=O) groups is 1. The van der Waals surface area contributed by atoms with Gasteiger partial charge in [-0.3, -0.25) is 9.59 Å². The van der Waals surface area contributed by atoms with Crippen LogP contribution in [0.3, 0.4) is 0 Å². The van der Waals surface area contributed by atoms with Crippen LogP contribution < -0.4 is 11.3 Å². The molecule has 8 heteroatoms. The first-order valence-electron chi connectivity index (χ1n) is 10.5. The molecule has 0 unspecified atom stereocenters.